The molecule has 2 heterocycles. The third kappa shape index (κ3) is 3.37. The van der Waals surface area contributed by atoms with Crippen LogP contribution in [0.25, 0.3) is 5.82 Å². The van der Waals surface area contributed by atoms with Crippen molar-refractivity contribution in [1.29, 1.82) is 5.26 Å². The zero-order valence-electron chi connectivity index (χ0n) is 14.3. The molecule has 0 radical (unpaired) electrons. The predicted molar refractivity (Wildman–Crippen MR) is 94.2 cm³/mol. The Balaban J connectivity index is 1.89. The fraction of sp³-hybridized carbons (Fsp3) is 0.167. The molecule has 1 N–H and O–H groups in total. The molecule has 0 fully saturated rings. The number of carbonyl (C=O) groups is 1. The fourth-order valence-electron chi connectivity index (χ4n) is 2.50. The Morgan fingerprint density at radius 3 is 2.81 bits per heavy atom. The van der Waals surface area contributed by atoms with Gasteiger partial charge in [-0.25, -0.2) is 4.68 Å². The fourth-order valence-corrected chi connectivity index (χ4v) is 2.50. The van der Waals surface area contributed by atoms with Crippen molar-refractivity contribution in [3.05, 3.63) is 59.4 Å². The van der Waals surface area contributed by atoms with Crippen LogP contribution in [-0.2, 0) is 6.42 Å². The van der Waals surface area contributed by atoms with Crippen LogP contribution in [0.5, 0.6) is 5.88 Å². The van der Waals surface area contributed by atoms with Crippen molar-refractivity contribution in [2.75, 3.05) is 12.4 Å². The summed E-state index contributed by atoms with van der Waals surface area (Å²) < 4.78 is 6.58. The maximum Gasteiger partial charge on any atom is 0.259 e. The molecule has 8 nitrogen and oxygen atoms in total. The number of nitriles is 1. The Bertz CT molecular complexity index is 972. The molecule has 3 aromatic rings. The second-order valence-electron chi connectivity index (χ2n) is 5.35. The third-order valence-corrected chi connectivity index (χ3v) is 3.75. The Morgan fingerprint density at radius 1 is 1.31 bits per heavy atom. The first-order valence-corrected chi connectivity index (χ1v) is 7.92. The molecule has 0 aliphatic rings. The highest BCUT2D eigenvalue weighted by molar-refractivity contribution is 6.05. The van der Waals surface area contributed by atoms with Crippen LogP contribution < -0.4 is 10.1 Å². The summed E-state index contributed by atoms with van der Waals surface area (Å²) in [5.41, 5.74) is 2.17. The number of ether oxygens (including phenoxy) is 1. The van der Waals surface area contributed by atoms with Crippen LogP contribution in [0.3, 0.4) is 0 Å². The van der Waals surface area contributed by atoms with E-state index in [1.54, 1.807) is 41.1 Å². The maximum atomic E-state index is 12.6. The predicted octanol–water partition coefficient (Wildman–Crippen LogP) is 2.36. The number of methoxy groups -OCH3 is 1. The Morgan fingerprint density at radius 2 is 2.15 bits per heavy atom. The molecule has 2 aromatic heterocycles. The highest BCUT2D eigenvalue weighted by atomic mass is 16.5. The largest absolute Gasteiger partial charge is 0.480 e. The first-order chi connectivity index (χ1) is 12.7. The monoisotopic (exact) mass is 348 g/mol. The van der Waals surface area contributed by atoms with Gasteiger partial charge in [0.25, 0.3) is 5.91 Å². The average molecular weight is 348 g/mol. The number of anilines is 1. The van der Waals surface area contributed by atoms with Crippen LogP contribution in [0.4, 0.5) is 5.69 Å². The van der Waals surface area contributed by atoms with Crippen molar-refractivity contribution in [2.24, 2.45) is 0 Å². The molecule has 0 spiro atoms. The standard InChI is InChI=1S/C18H16N6O2/c1-3-15-14(18(25)21-13-6-4-5-12(9-13)10-19)11-20-24(15)16-7-8-17(26-2)23-22-16/h4-9,11H,3H2,1-2H3,(H,21,25). The summed E-state index contributed by atoms with van der Waals surface area (Å²) >= 11 is 0. The molecule has 0 aliphatic heterocycles. The van der Waals surface area contributed by atoms with Crippen LogP contribution in [-0.4, -0.2) is 33.0 Å². The average Bonchev–Trinajstić information content (AvgIpc) is 3.12. The summed E-state index contributed by atoms with van der Waals surface area (Å²) in [5.74, 6) is 0.590. The number of amides is 1. The number of benzene rings is 1. The minimum atomic E-state index is -0.301. The van der Waals surface area contributed by atoms with Crippen molar-refractivity contribution < 1.29 is 9.53 Å². The maximum absolute atomic E-state index is 12.6. The zero-order valence-corrected chi connectivity index (χ0v) is 14.3. The van der Waals surface area contributed by atoms with Crippen molar-refractivity contribution in [2.45, 2.75) is 13.3 Å². The minimum Gasteiger partial charge on any atom is -0.480 e. The molecule has 1 amide bonds. The van der Waals surface area contributed by atoms with Gasteiger partial charge in [0.1, 0.15) is 0 Å². The molecule has 0 saturated heterocycles. The zero-order chi connectivity index (χ0) is 18.5. The first-order valence-electron chi connectivity index (χ1n) is 7.92. The van der Waals surface area contributed by atoms with Crippen molar-refractivity contribution in [3.63, 3.8) is 0 Å². The highest BCUT2D eigenvalue weighted by Gasteiger charge is 2.18. The van der Waals surface area contributed by atoms with Gasteiger partial charge in [-0.15, -0.1) is 10.2 Å². The second-order valence-corrected chi connectivity index (χ2v) is 5.35. The number of nitrogens with zero attached hydrogens (tertiary/aromatic N) is 5. The van der Waals surface area contributed by atoms with E-state index in [2.05, 4.69) is 20.6 Å². The van der Waals surface area contributed by atoms with Crippen LogP contribution in [0.15, 0.2) is 42.6 Å². The lowest BCUT2D eigenvalue weighted by atomic mass is 10.1. The summed E-state index contributed by atoms with van der Waals surface area (Å²) in [7, 11) is 1.51. The molecular formula is C18H16N6O2. The van der Waals surface area contributed by atoms with E-state index >= 15 is 0 Å². The van der Waals surface area contributed by atoms with Gasteiger partial charge in [0.05, 0.1) is 36.2 Å². The molecule has 0 bridgehead atoms. The lowest BCUT2D eigenvalue weighted by Crippen LogP contribution is -2.14. The molecule has 26 heavy (non-hydrogen) atoms. The van der Waals surface area contributed by atoms with Gasteiger partial charge in [0, 0.05) is 11.8 Å². The molecule has 0 aliphatic carbocycles. The van der Waals surface area contributed by atoms with Crippen LogP contribution >= 0.6 is 0 Å². The summed E-state index contributed by atoms with van der Waals surface area (Å²) in [6.45, 7) is 1.93. The summed E-state index contributed by atoms with van der Waals surface area (Å²) in [5, 5.41) is 24.0. The van der Waals surface area contributed by atoms with E-state index in [9.17, 15) is 4.79 Å². The van der Waals surface area contributed by atoms with E-state index in [1.807, 2.05) is 13.0 Å². The molecule has 0 unspecified atom stereocenters. The molecular weight excluding hydrogens is 332 g/mol. The van der Waals surface area contributed by atoms with Gasteiger partial charge in [0.15, 0.2) is 5.82 Å². The number of carbonyl (C=O) groups excluding carboxylic acids is 1. The number of hydrogen-bond donors (Lipinski definition) is 1. The van der Waals surface area contributed by atoms with Gasteiger partial charge in [-0.1, -0.05) is 13.0 Å². The number of hydrogen-bond acceptors (Lipinski definition) is 6. The van der Waals surface area contributed by atoms with E-state index < -0.39 is 0 Å². The number of rotatable bonds is 5. The summed E-state index contributed by atoms with van der Waals surface area (Å²) in [4.78, 5) is 12.6. The Hall–Kier alpha value is -3.73. The lowest BCUT2D eigenvalue weighted by Gasteiger charge is -2.08. The molecule has 130 valence electrons. The smallest absolute Gasteiger partial charge is 0.259 e. The van der Waals surface area contributed by atoms with E-state index in [0.717, 1.165) is 0 Å². The van der Waals surface area contributed by atoms with Crippen LogP contribution in [0, 0.1) is 11.3 Å². The molecule has 3 rings (SSSR count). The van der Waals surface area contributed by atoms with E-state index in [4.69, 9.17) is 10.00 Å². The van der Waals surface area contributed by atoms with Gasteiger partial charge in [-0.05, 0) is 30.7 Å². The van der Waals surface area contributed by atoms with Gasteiger partial charge in [0.2, 0.25) is 5.88 Å². The molecule has 1 aromatic carbocycles. The quantitative estimate of drug-likeness (QED) is 0.759. The van der Waals surface area contributed by atoms with Crippen molar-refractivity contribution >= 4 is 11.6 Å². The van der Waals surface area contributed by atoms with Crippen molar-refractivity contribution in [1.82, 2.24) is 20.0 Å². The summed E-state index contributed by atoms with van der Waals surface area (Å²) in [6, 6.07) is 12.2. The van der Waals surface area contributed by atoms with Gasteiger partial charge >= 0.3 is 0 Å². The van der Waals surface area contributed by atoms with E-state index in [-0.39, 0.29) is 5.91 Å². The van der Waals surface area contributed by atoms with Crippen molar-refractivity contribution in [3.8, 4) is 17.8 Å². The third-order valence-electron chi connectivity index (χ3n) is 3.75. The van der Waals surface area contributed by atoms with Crippen LogP contribution in [0.1, 0.15) is 28.5 Å². The normalized spacial score (nSPS) is 10.2. The van der Waals surface area contributed by atoms with E-state index in [1.165, 1.54) is 13.3 Å². The lowest BCUT2D eigenvalue weighted by molar-refractivity contribution is 0.102. The number of aromatic nitrogens is 4. The first kappa shape index (κ1) is 17.1. The van der Waals surface area contributed by atoms with Gasteiger partial charge in [-0.3, -0.25) is 4.79 Å². The number of nitrogens with one attached hydrogen (secondary N) is 1. The molecule has 0 saturated carbocycles. The van der Waals surface area contributed by atoms with Gasteiger partial charge < -0.3 is 10.1 Å². The van der Waals surface area contributed by atoms with E-state index in [0.29, 0.717) is 40.6 Å². The molecule has 8 heteroatoms. The topological polar surface area (TPSA) is 106 Å². The van der Waals surface area contributed by atoms with Gasteiger partial charge in [-0.2, -0.15) is 10.4 Å². The Labute approximate surface area is 150 Å². The second kappa shape index (κ2) is 7.44. The minimum absolute atomic E-state index is 0.301. The van der Waals surface area contributed by atoms with Crippen LogP contribution in [0.2, 0.25) is 0 Å². The SMILES string of the molecule is CCc1c(C(=O)Nc2cccc(C#N)c2)cnn1-c1ccc(OC)nn1. The summed E-state index contributed by atoms with van der Waals surface area (Å²) in [6.07, 6.45) is 2.07. The molecule has 0 atom stereocenters. The highest BCUT2D eigenvalue weighted by Crippen LogP contribution is 2.18. The Kier molecular flexibility index (Phi) is 4.90.